The van der Waals surface area contributed by atoms with Crippen molar-refractivity contribution in [2.24, 2.45) is 0 Å². The first-order valence-electron chi connectivity index (χ1n) is 4.44. The van der Waals surface area contributed by atoms with Crippen LogP contribution in [0.4, 0.5) is 5.13 Å². The summed E-state index contributed by atoms with van der Waals surface area (Å²) in [4.78, 5) is 27.3. The highest BCUT2D eigenvalue weighted by Crippen LogP contribution is 2.23. The second-order valence-corrected chi connectivity index (χ2v) is 4.53. The zero-order chi connectivity index (χ0) is 12.1. The van der Waals surface area contributed by atoms with E-state index in [1.54, 1.807) is 6.92 Å². The second-order valence-electron chi connectivity index (χ2n) is 2.97. The van der Waals surface area contributed by atoms with Gasteiger partial charge in [-0.15, -0.1) is 0 Å². The maximum atomic E-state index is 11.4. The lowest BCUT2D eigenvalue weighted by molar-refractivity contribution is -0.119. The number of Topliss-reactive ketones (excluding diaryl/α,β-unsaturated/α-hetero) is 1. The van der Waals surface area contributed by atoms with Crippen molar-refractivity contribution in [1.82, 2.24) is 4.98 Å². The predicted octanol–water partition coefficient (Wildman–Crippen LogP) is 1.61. The minimum atomic E-state index is -0.283. The van der Waals surface area contributed by atoms with Crippen molar-refractivity contribution < 1.29 is 14.3 Å². The highest BCUT2D eigenvalue weighted by molar-refractivity contribution is 9.09. The van der Waals surface area contributed by atoms with E-state index in [1.807, 2.05) is 0 Å². The van der Waals surface area contributed by atoms with Gasteiger partial charge in [-0.3, -0.25) is 14.9 Å². The van der Waals surface area contributed by atoms with Crippen LogP contribution < -0.4 is 5.32 Å². The standard InChI is InChI=1S/C9H11BrN2O3S/c1-5-8(6(13)3-10)16-9(11-5)12-7(14)4-15-2/h3-4H2,1-2H3,(H,11,12,14). The Labute approximate surface area is 105 Å². The van der Waals surface area contributed by atoms with Gasteiger partial charge in [0.2, 0.25) is 0 Å². The summed E-state index contributed by atoms with van der Waals surface area (Å²) in [6, 6.07) is 0. The fourth-order valence-corrected chi connectivity index (χ4v) is 2.44. The molecule has 0 saturated carbocycles. The van der Waals surface area contributed by atoms with E-state index in [0.717, 1.165) is 0 Å². The minimum absolute atomic E-state index is 0.0274. The van der Waals surface area contributed by atoms with Gasteiger partial charge in [-0.1, -0.05) is 27.3 Å². The molecular formula is C9H11BrN2O3S. The summed E-state index contributed by atoms with van der Waals surface area (Å²) in [6.07, 6.45) is 0. The third kappa shape index (κ3) is 3.36. The number of anilines is 1. The van der Waals surface area contributed by atoms with Gasteiger partial charge >= 0.3 is 0 Å². The molecule has 0 aliphatic heterocycles. The quantitative estimate of drug-likeness (QED) is 0.663. The lowest BCUT2D eigenvalue weighted by Crippen LogP contribution is -2.16. The molecule has 0 fully saturated rings. The number of nitrogens with one attached hydrogen (secondary N) is 1. The number of amides is 1. The first-order valence-corrected chi connectivity index (χ1v) is 6.37. The third-order valence-corrected chi connectivity index (χ3v) is 3.32. The maximum Gasteiger partial charge on any atom is 0.252 e. The van der Waals surface area contributed by atoms with Crippen molar-refractivity contribution in [1.29, 1.82) is 0 Å². The van der Waals surface area contributed by atoms with Crippen LogP contribution in [0.2, 0.25) is 0 Å². The molecule has 1 aromatic rings. The van der Waals surface area contributed by atoms with E-state index in [1.165, 1.54) is 18.4 Å². The molecule has 7 heteroatoms. The lowest BCUT2D eigenvalue weighted by atomic mass is 10.3. The number of nitrogens with zero attached hydrogens (tertiary/aromatic N) is 1. The van der Waals surface area contributed by atoms with E-state index in [2.05, 4.69) is 31.0 Å². The molecule has 1 N–H and O–H groups in total. The SMILES string of the molecule is COCC(=O)Nc1nc(C)c(C(=O)CBr)s1. The molecule has 88 valence electrons. The van der Waals surface area contributed by atoms with Gasteiger partial charge in [0, 0.05) is 7.11 Å². The summed E-state index contributed by atoms with van der Waals surface area (Å²) < 4.78 is 4.67. The van der Waals surface area contributed by atoms with Crippen LogP contribution >= 0.6 is 27.3 Å². The van der Waals surface area contributed by atoms with E-state index < -0.39 is 0 Å². The van der Waals surface area contributed by atoms with Crippen LogP contribution in [0.15, 0.2) is 0 Å². The summed E-state index contributed by atoms with van der Waals surface area (Å²) in [6.45, 7) is 1.71. The fraction of sp³-hybridized carbons (Fsp3) is 0.444. The van der Waals surface area contributed by atoms with Crippen molar-refractivity contribution >= 4 is 44.1 Å². The normalized spacial score (nSPS) is 10.2. The molecule has 0 aliphatic carbocycles. The molecule has 0 bridgehead atoms. The Hall–Kier alpha value is -0.790. The number of ether oxygens (including phenoxy) is 1. The van der Waals surface area contributed by atoms with E-state index in [-0.39, 0.29) is 23.6 Å². The molecule has 0 unspecified atom stereocenters. The van der Waals surface area contributed by atoms with Crippen molar-refractivity contribution in [3.63, 3.8) is 0 Å². The molecule has 1 rings (SSSR count). The number of hydrogen-bond donors (Lipinski definition) is 1. The van der Waals surface area contributed by atoms with Crippen molar-refractivity contribution in [2.75, 3.05) is 24.4 Å². The molecule has 16 heavy (non-hydrogen) atoms. The second kappa shape index (κ2) is 6.07. The van der Waals surface area contributed by atoms with Gasteiger partial charge in [-0.05, 0) is 6.92 Å². The topological polar surface area (TPSA) is 68.3 Å². The number of rotatable bonds is 5. The van der Waals surface area contributed by atoms with Crippen LogP contribution in [-0.2, 0) is 9.53 Å². The average molecular weight is 307 g/mol. The van der Waals surface area contributed by atoms with Gasteiger partial charge < -0.3 is 4.74 Å². The lowest BCUT2D eigenvalue weighted by Gasteiger charge is -1.98. The number of aromatic nitrogens is 1. The number of thiazole rings is 1. The molecule has 1 aromatic heterocycles. The number of ketones is 1. The Morgan fingerprint density at radius 1 is 1.56 bits per heavy atom. The van der Waals surface area contributed by atoms with E-state index in [9.17, 15) is 9.59 Å². The number of halogens is 1. The van der Waals surface area contributed by atoms with Gasteiger partial charge in [0.15, 0.2) is 10.9 Å². The number of aryl methyl sites for hydroxylation is 1. The van der Waals surface area contributed by atoms with Gasteiger partial charge in [0.05, 0.1) is 15.9 Å². The molecule has 0 aromatic carbocycles. The monoisotopic (exact) mass is 306 g/mol. The van der Waals surface area contributed by atoms with Crippen LogP contribution in [-0.4, -0.2) is 35.7 Å². The number of carbonyl (C=O) groups excluding carboxylic acids is 2. The Bertz CT molecular complexity index is 405. The van der Waals surface area contributed by atoms with Crippen molar-refractivity contribution in [2.45, 2.75) is 6.92 Å². The molecule has 5 nitrogen and oxygen atoms in total. The minimum Gasteiger partial charge on any atom is -0.375 e. The fourth-order valence-electron chi connectivity index (χ4n) is 1.06. The number of alkyl halides is 1. The van der Waals surface area contributed by atoms with Crippen LogP contribution in [0, 0.1) is 6.92 Å². The van der Waals surface area contributed by atoms with E-state index in [4.69, 9.17) is 0 Å². The molecule has 0 spiro atoms. The van der Waals surface area contributed by atoms with Crippen molar-refractivity contribution in [3.8, 4) is 0 Å². The van der Waals surface area contributed by atoms with Crippen LogP contribution in [0.3, 0.4) is 0 Å². The Kier molecular flexibility index (Phi) is 5.04. The van der Waals surface area contributed by atoms with Gasteiger partial charge in [-0.2, -0.15) is 0 Å². The molecular weight excluding hydrogens is 296 g/mol. The largest absolute Gasteiger partial charge is 0.375 e. The summed E-state index contributed by atoms with van der Waals surface area (Å²) in [7, 11) is 1.44. The predicted molar refractivity (Wildman–Crippen MR) is 65.5 cm³/mol. The summed E-state index contributed by atoms with van der Waals surface area (Å²) >= 11 is 4.26. The zero-order valence-electron chi connectivity index (χ0n) is 8.87. The molecule has 0 aliphatic rings. The first-order chi connectivity index (χ1) is 7.58. The first kappa shape index (κ1) is 13.3. The van der Waals surface area contributed by atoms with E-state index >= 15 is 0 Å². The van der Waals surface area contributed by atoms with Gasteiger partial charge in [-0.25, -0.2) is 4.98 Å². The summed E-state index contributed by atoms with van der Waals surface area (Å²) in [5.74, 6) is -0.323. The molecule has 0 radical (unpaired) electrons. The third-order valence-electron chi connectivity index (χ3n) is 1.69. The van der Waals surface area contributed by atoms with Gasteiger partial charge in [0.25, 0.3) is 5.91 Å². The van der Waals surface area contributed by atoms with Gasteiger partial charge in [0.1, 0.15) is 6.61 Å². The number of hydrogen-bond acceptors (Lipinski definition) is 5. The van der Waals surface area contributed by atoms with Crippen LogP contribution in [0.5, 0.6) is 0 Å². The molecule has 0 atom stereocenters. The smallest absolute Gasteiger partial charge is 0.252 e. The molecule has 0 saturated heterocycles. The Morgan fingerprint density at radius 2 is 2.25 bits per heavy atom. The number of carbonyl (C=O) groups is 2. The number of methoxy groups -OCH3 is 1. The Morgan fingerprint density at radius 3 is 2.81 bits per heavy atom. The average Bonchev–Trinajstić information content (AvgIpc) is 2.58. The van der Waals surface area contributed by atoms with Crippen LogP contribution in [0.1, 0.15) is 15.4 Å². The molecule has 1 amide bonds. The summed E-state index contributed by atoms with van der Waals surface area (Å²) in [5, 5.41) is 3.23. The van der Waals surface area contributed by atoms with Crippen LogP contribution in [0.25, 0.3) is 0 Å². The highest BCUT2D eigenvalue weighted by Gasteiger charge is 2.15. The highest BCUT2D eigenvalue weighted by atomic mass is 79.9. The zero-order valence-corrected chi connectivity index (χ0v) is 11.3. The Balaban J connectivity index is 2.77. The molecule has 1 heterocycles. The summed E-state index contributed by atoms with van der Waals surface area (Å²) in [5.41, 5.74) is 0.627. The van der Waals surface area contributed by atoms with E-state index in [0.29, 0.717) is 15.7 Å². The maximum absolute atomic E-state index is 11.4. The van der Waals surface area contributed by atoms with Crippen molar-refractivity contribution in [3.05, 3.63) is 10.6 Å².